The molecule has 0 atom stereocenters. The van der Waals surface area contributed by atoms with Gasteiger partial charge in [0.1, 0.15) is 18.1 Å². The normalized spacial score (nSPS) is 13.3. The zero-order valence-corrected chi connectivity index (χ0v) is 18.9. The first-order valence-electron chi connectivity index (χ1n) is 11.0. The topological polar surface area (TPSA) is 91.3 Å². The summed E-state index contributed by atoms with van der Waals surface area (Å²) in [4.78, 5) is 28.8. The third-order valence-corrected chi connectivity index (χ3v) is 5.70. The van der Waals surface area contributed by atoms with Crippen LogP contribution in [-0.2, 0) is 11.3 Å². The van der Waals surface area contributed by atoms with E-state index in [1.165, 1.54) is 12.1 Å². The monoisotopic (exact) mass is 461 g/mol. The molecule has 8 heteroatoms. The largest absolute Gasteiger partial charge is 0.508 e. The maximum absolute atomic E-state index is 12.5. The minimum Gasteiger partial charge on any atom is -0.508 e. The van der Waals surface area contributed by atoms with E-state index in [1.807, 2.05) is 36.4 Å². The maximum atomic E-state index is 12.5. The number of methoxy groups -OCH3 is 1. The lowest BCUT2D eigenvalue weighted by atomic mass is 10.1. The molecule has 2 N–H and O–H groups in total. The Morgan fingerprint density at radius 2 is 1.59 bits per heavy atom. The minimum atomic E-state index is -0.341. The highest BCUT2D eigenvalue weighted by Gasteiger charge is 2.23. The number of rotatable bonds is 6. The van der Waals surface area contributed by atoms with Crippen LogP contribution < -0.4 is 15.0 Å². The van der Waals surface area contributed by atoms with Gasteiger partial charge >= 0.3 is 6.09 Å². The summed E-state index contributed by atoms with van der Waals surface area (Å²) in [5.74, 6) is 0.618. The molecule has 1 saturated heterocycles. The van der Waals surface area contributed by atoms with Crippen LogP contribution in [0.2, 0.25) is 0 Å². The van der Waals surface area contributed by atoms with Crippen molar-refractivity contribution in [2.24, 2.45) is 0 Å². The van der Waals surface area contributed by atoms with Crippen LogP contribution in [-0.4, -0.2) is 55.3 Å². The molecule has 0 saturated carbocycles. The van der Waals surface area contributed by atoms with Crippen LogP contribution in [0.15, 0.2) is 72.8 Å². The Morgan fingerprint density at radius 3 is 2.26 bits per heavy atom. The fourth-order valence-corrected chi connectivity index (χ4v) is 3.77. The van der Waals surface area contributed by atoms with E-state index in [9.17, 15) is 14.7 Å². The van der Waals surface area contributed by atoms with E-state index >= 15 is 0 Å². The Morgan fingerprint density at radius 1 is 0.912 bits per heavy atom. The number of piperazine rings is 1. The van der Waals surface area contributed by atoms with E-state index in [1.54, 1.807) is 36.3 Å². The van der Waals surface area contributed by atoms with E-state index in [4.69, 9.17) is 9.47 Å². The SMILES string of the molecule is COc1ccccc1COC(=O)N1CCN(c2ccc(C(=O)Nc3ccc(O)cc3)cc2)CC1. The van der Waals surface area contributed by atoms with E-state index in [2.05, 4.69) is 10.2 Å². The van der Waals surface area contributed by atoms with Crippen LogP contribution in [0.3, 0.4) is 0 Å². The molecule has 3 aromatic carbocycles. The van der Waals surface area contributed by atoms with E-state index in [-0.39, 0.29) is 24.4 Å². The first-order valence-corrected chi connectivity index (χ1v) is 11.0. The number of hydrogen-bond donors (Lipinski definition) is 2. The third kappa shape index (κ3) is 5.58. The lowest BCUT2D eigenvalue weighted by Crippen LogP contribution is -2.48. The van der Waals surface area contributed by atoms with Crippen LogP contribution in [0.1, 0.15) is 15.9 Å². The number of phenolic OH excluding ortho intramolecular Hbond substituents is 1. The highest BCUT2D eigenvalue weighted by molar-refractivity contribution is 6.04. The highest BCUT2D eigenvalue weighted by atomic mass is 16.6. The van der Waals surface area contributed by atoms with Gasteiger partial charge in [-0.15, -0.1) is 0 Å². The van der Waals surface area contributed by atoms with Crippen molar-refractivity contribution in [1.29, 1.82) is 0 Å². The van der Waals surface area contributed by atoms with Crippen LogP contribution >= 0.6 is 0 Å². The number of amides is 2. The minimum absolute atomic E-state index is 0.145. The number of nitrogens with zero attached hydrogens (tertiary/aromatic N) is 2. The summed E-state index contributed by atoms with van der Waals surface area (Å²) in [6.07, 6.45) is -0.341. The maximum Gasteiger partial charge on any atom is 0.410 e. The second-order valence-electron chi connectivity index (χ2n) is 7.89. The Labute approximate surface area is 198 Å². The van der Waals surface area contributed by atoms with Gasteiger partial charge in [0.25, 0.3) is 5.91 Å². The fourth-order valence-electron chi connectivity index (χ4n) is 3.77. The average molecular weight is 462 g/mol. The number of aromatic hydroxyl groups is 1. The highest BCUT2D eigenvalue weighted by Crippen LogP contribution is 2.21. The molecule has 4 rings (SSSR count). The number of phenols is 1. The van der Waals surface area contributed by atoms with Gasteiger partial charge in [-0.05, 0) is 54.6 Å². The first kappa shape index (κ1) is 23.0. The number of carbonyl (C=O) groups is 2. The van der Waals surface area contributed by atoms with Crippen molar-refractivity contribution < 1.29 is 24.2 Å². The van der Waals surface area contributed by atoms with Gasteiger partial charge in [-0.1, -0.05) is 18.2 Å². The van der Waals surface area contributed by atoms with Crippen LogP contribution in [0.4, 0.5) is 16.2 Å². The molecule has 1 aliphatic rings. The van der Waals surface area contributed by atoms with Gasteiger partial charge < -0.3 is 29.7 Å². The number of carbonyl (C=O) groups excluding carboxylic acids is 2. The molecule has 0 unspecified atom stereocenters. The molecule has 8 nitrogen and oxygen atoms in total. The molecule has 34 heavy (non-hydrogen) atoms. The second kappa shape index (κ2) is 10.6. The Kier molecular flexibility index (Phi) is 7.17. The predicted molar refractivity (Wildman–Crippen MR) is 129 cm³/mol. The summed E-state index contributed by atoms with van der Waals surface area (Å²) in [5.41, 5.74) is 2.96. The van der Waals surface area contributed by atoms with E-state index in [0.29, 0.717) is 43.2 Å². The zero-order valence-electron chi connectivity index (χ0n) is 18.9. The van der Waals surface area contributed by atoms with Crippen molar-refractivity contribution >= 4 is 23.4 Å². The molecular formula is C26H27N3O5. The van der Waals surface area contributed by atoms with Crippen molar-refractivity contribution in [3.63, 3.8) is 0 Å². The molecule has 1 aliphatic heterocycles. The summed E-state index contributed by atoms with van der Waals surface area (Å²) in [6.45, 7) is 2.60. The van der Waals surface area contributed by atoms with Gasteiger partial charge in [0, 0.05) is 48.7 Å². The van der Waals surface area contributed by atoms with Gasteiger partial charge in [0.05, 0.1) is 7.11 Å². The lowest BCUT2D eigenvalue weighted by molar-refractivity contribution is 0.0934. The number of benzene rings is 3. The van der Waals surface area contributed by atoms with Crippen molar-refractivity contribution in [3.05, 3.63) is 83.9 Å². The van der Waals surface area contributed by atoms with Crippen molar-refractivity contribution in [2.75, 3.05) is 43.5 Å². The van der Waals surface area contributed by atoms with Crippen molar-refractivity contribution in [3.8, 4) is 11.5 Å². The van der Waals surface area contributed by atoms with Crippen LogP contribution in [0, 0.1) is 0 Å². The summed E-state index contributed by atoms with van der Waals surface area (Å²) < 4.78 is 10.8. The van der Waals surface area contributed by atoms with Gasteiger partial charge in [0.2, 0.25) is 0 Å². The summed E-state index contributed by atoms with van der Waals surface area (Å²) in [5, 5.41) is 12.2. The van der Waals surface area contributed by atoms with Crippen LogP contribution in [0.25, 0.3) is 0 Å². The van der Waals surface area contributed by atoms with Crippen LogP contribution in [0.5, 0.6) is 11.5 Å². The number of ether oxygens (including phenoxy) is 2. The molecule has 2 amide bonds. The summed E-state index contributed by atoms with van der Waals surface area (Å²) in [6, 6.07) is 21.2. The fraction of sp³-hybridized carbons (Fsp3) is 0.231. The first-order chi connectivity index (χ1) is 16.5. The average Bonchev–Trinajstić information content (AvgIpc) is 2.89. The van der Waals surface area contributed by atoms with E-state index < -0.39 is 0 Å². The molecule has 0 spiro atoms. The second-order valence-corrected chi connectivity index (χ2v) is 7.89. The molecule has 3 aromatic rings. The van der Waals surface area contributed by atoms with Gasteiger partial charge in [-0.2, -0.15) is 0 Å². The molecular weight excluding hydrogens is 434 g/mol. The summed E-state index contributed by atoms with van der Waals surface area (Å²) in [7, 11) is 1.59. The summed E-state index contributed by atoms with van der Waals surface area (Å²) >= 11 is 0. The number of hydrogen-bond acceptors (Lipinski definition) is 6. The van der Waals surface area contributed by atoms with Gasteiger partial charge in [0.15, 0.2) is 0 Å². The van der Waals surface area contributed by atoms with Gasteiger partial charge in [-0.3, -0.25) is 4.79 Å². The van der Waals surface area contributed by atoms with Crippen molar-refractivity contribution in [1.82, 2.24) is 4.90 Å². The molecule has 0 aromatic heterocycles. The third-order valence-electron chi connectivity index (χ3n) is 5.70. The Hall–Kier alpha value is -4.20. The number of nitrogens with one attached hydrogen (secondary N) is 1. The molecule has 1 heterocycles. The predicted octanol–water partition coefficient (Wildman–Crippen LogP) is 4.11. The quantitative estimate of drug-likeness (QED) is 0.537. The van der Waals surface area contributed by atoms with E-state index in [0.717, 1.165) is 11.3 Å². The molecule has 0 radical (unpaired) electrons. The molecule has 0 bridgehead atoms. The van der Waals surface area contributed by atoms with Gasteiger partial charge in [-0.25, -0.2) is 4.79 Å². The Balaban J connectivity index is 1.27. The standard InChI is InChI=1S/C26H27N3O5/c1-33-24-5-3-2-4-20(24)18-34-26(32)29-16-14-28(15-17-29)22-10-6-19(7-11-22)25(31)27-21-8-12-23(30)13-9-21/h2-13,30H,14-18H2,1H3,(H,27,31). The lowest BCUT2D eigenvalue weighted by Gasteiger charge is -2.35. The molecule has 0 aliphatic carbocycles. The van der Waals surface area contributed by atoms with Crippen molar-refractivity contribution in [2.45, 2.75) is 6.61 Å². The molecule has 176 valence electrons. The Bertz CT molecular complexity index is 1120. The molecule has 1 fully saturated rings. The smallest absolute Gasteiger partial charge is 0.410 e. The number of para-hydroxylation sites is 1. The zero-order chi connectivity index (χ0) is 23.9. The number of anilines is 2.